The molecule has 0 amide bonds. The van der Waals surface area contributed by atoms with E-state index >= 15 is 0 Å². The molecule has 1 heterocycles. The number of benzene rings is 1. The predicted molar refractivity (Wildman–Crippen MR) is 55.6 cm³/mol. The van der Waals surface area contributed by atoms with Crippen LogP contribution < -0.4 is 9.47 Å². The molecular formula is C11H11ClO3. The minimum Gasteiger partial charge on any atom is -0.486 e. The Labute approximate surface area is 92.6 Å². The lowest BCUT2D eigenvalue weighted by Gasteiger charge is -2.23. The third kappa shape index (κ3) is 1.38. The Balaban J connectivity index is 2.18. The number of fused-ring (bicyclic) bond motifs is 1. The van der Waals surface area contributed by atoms with Gasteiger partial charge >= 0.3 is 0 Å². The number of aliphatic hydroxyl groups is 1. The van der Waals surface area contributed by atoms with E-state index in [-0.39, 0.29) is 0 Å². The van der Waals surface area contributed by atoms with Crippen molar-refractivity contribution >= 4 is 11.6 Å². The highest BCUT2D eigenvalue weighted by Gasteiger charge is 2.47. The molecule has 1 aliphatic heterocycles. The SMILES string of the molecule is OC1(c2c(Cl)ccc3c2OCCO3)CC1. The van der Waals surface area contributed by atoms with Crippen molar-refractivity contribution in [2.45, 2.75) is 18.4 Å². The monoisotopic (exact) mass is 226 g/mol. The standard InChI is InChI=1S/C11H11ClO3/c12-7-1-2-8-10(15-6-5-14-8)9(7)11(13)3-4-11/h1-2,13H,3-6H2. The van der Waals surface area contributed by atoms with Gasteiger partial charge in [-0.1, -0.05) is 11.6 Å². The first-order valence-electron chi connectivity index (χ1n) is 5.02. The molecule has 1 saturated carbocycles. The fraction of sp³-hybridized carbons (Fsp3) is 0.455. The fourth-order valence-electron chi connectivity index (χ4n) is 1.89. The van der Waals surface area contributed by atoms with Gasteiger partial charge in [-0.3, -0.25) is 0 Å². The molecule has 1 aliphatic carbocycles. The van der Waals surface area contributed by atoms with E-state index in [1.165, 1.54) is 0 Å². The van der Waals surface area contributed by atoms with Crippen molar-refractivity contribution in [3.63, 3.8) is 0 Å². The third-order valence-corrected chi connectivity index (χ3v) is 3.16. The molecule has 3 nitrogen and oxygen atoms in total. The highest BCUT2D eigenvalue weighted by Crippen LogP contribution is 2.54. The van der Waals surface area contributed by atoms with Crippen LogP contribution in [0.4, 0.5) is 0 Å². The molecule has 0 atom stereocenters. The van der Waals surface area contributed by atoms with Gasteiger partial charge in [0.05, 0.1) is 10.6 Å². The minimum atomic E-state index is -0.789. The van der Waals surface area contributed by atoms with E-state index in [1.54, 1.807) is 12.1 Å². The molecule has 1 fully saturated rings. The van der Waals surface area contributed by atoms with Gasteiger partial charge < -0.3 is 14.6 Å². The summed E-state index contributed by atoms with van der Waals surface area (Å²) in [7, 11) is 0. The summed E-state index contributed by atoms with van der Waals surface area (Å²) in [4.78, 5) is 0. The van der Waals surface area contributed by atoms with Crippen molar-refractivity contribution < 1.29 is 14.6 Å². The van der Waals surface area contributed by atoms with Crippen molar-refractivity contribution in [2.24, 2.45) is 0 Å². The molecule has 2 aliphatic rings. The molecule has 1 aromatic carbocycles. The van der Waals surface area contributed by atoms with E-state index in [0.717, 1.165) is 12.8 Å². The Kier molecular flexibility index (Phi) is 1.88. The molecule has 0 saturated heterocycles. The largest absolute Gasteiger partial charge is 0.486 e. The zero-order valence-corrected chi connectivity index (χ0v) is 8.88. The van der Waals surface area contributed by atoms with Crippen LogP contribution in [0.25, 0.3) is 0 Å². The lowest BCUT2D eigenvalue weighted by molar-refractivity contribution is 0.130. The Morgan fingerprint density at radius 1 is 1.20 bits per heavy atom. The minimum absolute atomic E-state index is 0.510. The first-order valence-corrected chi connectivity index (χ1v) is 5.39. The van der Waals surface area contributed by atoms with Crippen LogP contribution in [0, 0.1) is 0 Å². The van der Waals surface area contributed by atoms with Gasteiger partial charge in [-0.05, 0) is 25.0 Å². The summed E-state index contributed by atoms with van der Waals surface area (Å²) in [6.07, 6.45) is 1.49. The topological polar surface area (TPSA) is 38.7 Å². The van der Waals surface area contributed by atoms with Crippen LogP contribution in [0.5, 0.6) is 11.5 Å². The van der Waals surface area contributed by atoms with Crippen LogP contribution in [-0.4, -0.2) is 18.3 Å². The van der Waals surface area contributed by atoms with Gasteiger partial charge in [-0.2, -0.15) is 0 Å². The van der Waals surface area contributed by atoms with Gasteiger partial charge in [0.15, 0.2) is 11.5 Å². The lowest BCUT2D eigenvalue weighted by Crippen LogP contribution is -2.19. The summed E-state index contributed by atoms with van der Waals surface area (Å²) in [5, 5.41) is 10.7. The molecule has 80 valence electrons. The van der Waals surface area contributed by atoms with Crippen LogP contribution in [0.15, 0.2) is 12.1 Å². The molecule has 3 rings (SSSR count). The summed E-state index contributed by atoms with van der Waals surface area (Å²) in [6, 6.07) is 3.53. The highest BCUT2D eigenvalue weighted by atomic mass is 35.5. The third-order valence-electron chi connectivity index (χ3n) is 2.85. The fourth-order valence-corrected chi connectivity index (χ4v) is 2.22. The number of hydrogen-bond acceptors (Lipinski definition) is 3. The van der Waals surface area contributed by atoms with Gasteiger partial charge in [0.25, 0.3) is 0 Å². The molecule has 0 bridgehead atoms. The van der Waals surface area contributed by atoms with Crippen LogP contribution in [-0.2, 0) is 5.60 Å². The zero-order valence-electron chi connectivity index (χ0n) is 8.12. The van der Waals surface area contributed by atoms with Gasteiger partial charge in [0.1, 0.15) is 13.2 Å². The second-order valence-electron chi connectivity index (χ2n) is 3.98. The normalized spacial score (nSPS) is 21.2. The average molecular weight is 227 g/mol. The maximum Gasteiger partial charge on any atom is 0.168 e. The summed E-state index contributed by atoms with van der Waals surface area (Å²) < 4.78 is 11.0. The lowest BCUT2D eigenvalue weighted by atomic mass is 10.1. The first-order chi connectivity index (χ1) is 7.21. The second-order valence-corrected chi connectivity index (χ2v) is 4.39. The first kappa shape index (κ1) is 9.31. The highest BCUT2D eigenvalue weighted by molar-refractivity contribution is 6.31. The summed E-state index contributed by atoms with van der Waals surface area (Å²) in [6.45, 7) is 1.06. The van der Waals surface area contributed by atoms with Crippen LogP contribution in [0.2, 0.25) is 5.02 Å². The Hall–Kier alpha value is -0.930. The Morgan fingerprint density at radius 2 is 1.93 bits per heavy atom. The van der Waals surface area contributed by atoms with Gasteiger partial charge in [-0.15, -0.1) is 0 Å². The molecule has 4 heteroatoms. The average Bonchev–Trinajstić information content (AvgIpc) is 2.97. The van der Waals surface area contributed by atoms with Crippen LogP contribution in [0.3, 0.4) is 0 Å². The van der Waals surface area contributed by atoms with Crippen molar-refractivity contribution in [2.75, 3.05) is 13.2 Å². The number of ether oxygens (including phenoxy) is 2. The molecule has 1 N–H and O–H groups in total. The Morgan fingerprint density at radius 3 is 2.67 bits per heavy atom. The van der Waals surface area contributed by atoms with Crippen molar-refractivity contribution in [1.29, 1.82) is 0 Å². The maximum atomic E-state index is 10.1. The molecule has 0 radical (unpaired) electrons. The quantitative estimate of drug-likeness (QED) is 0.797. The van der Waals surface area contributed by atoms with E-state index in [4.69, 9.17) is 21.1 Å². The van der Waals surface area contributed by atoms with Crippen LogP contribution >= 0.6 is 11.6 Å². The number of rotatable bonds is 1. The van der Waals surface area contributed by atoms with E-state index in [1.807, 2.05) is 0 Å². The van der Waals surface area contributed by atoms with Gasteiger partial charge in [-0.25, -0.2) is 0 Å². The molecule has 0 unspecified atom stereocenters. The van der Waals surface area contributed by atoms with Gasteiger partial charge in [0.2, 0.25) is 0 Å². The second kappa shape index (κ2) is 3.03. The Bertz CT molecular complexity index is 413. The zero-order chi connectivity index (χ0) is 10.5. The molecule has 0 aromatic heterocycles. The van der Waals surface area contributed by atoms with E-state index in [9.17, 15) is 5.11 Å². The summed E-state index contributed by atoms with van der Waals surface area (Å²) in [5.41, 5.74) is -0.0929. The smallest absolute Gasteiger partial charge is 0.168 e. The maximum absolute atomic E-state index is 10.1. The molecule has 15 heavy (non-hydrogen) atoms. The van der Waals surface area contributed by atoms with Gasteiger partial charge in [0, 0.05) is 5.56 Å². The van der Waals surface area contributed by atoms with E-state index in [0.29, 0.717) is 35.3 Å². The predicted octanol–water partition coefficient (Wildman–Crippen LogP) is 2.09. The van der Waals surface area contributed by atoms with Crippen molar-refractivity contribution in [3.8, 4) is 11.5 Å². The van der Waals surface area contributed by atoms with E-state index in [2.05, 4.69) is 0 Å². The summed E-state index contributed by atoms with van der Waals surface area (Å²) in [5.74, 6) is 1.30. The number of hydrogen-bond donors (Lipinski definition) is 1. The molecular weight excluding hydrogens is 216 g/mol. The summed E-state index contributed by atoms with van der Waals surface area (Å²) >= 11 is 6.09. The van der Waals surface area contributed by atoms with Crippen LogP contribution in [0.1, 0.15) is 18.4 Å². The van der Waals surface area contributed by atoms with E-state index < -0.39 is 5.60 Å². The van der Waals surface area contributed by atoms with Crippen molar-refractivity contribution in [1.82, 2.24) is 0 Å². The number of halogens is 1. The molecule has 0 spiro atoms. The van der Waals surface area contributed by atoms with Crippen molar-refractivity contribution in [3.05, 3.63) is 22.7 Å². The molecule has 1 aromatic rings.